The molecule has 8 heteroatoms. The summed E-state index contributed by atoms with van der Waals surface area (Å²) < 4.78 is 5.09. The van der Waals surface area contributed by atoms with Crippen molar-refractivity contribution in [2.45, 2.75) is 47.9 Å². The molecule has 2 aromatic carbocycles. The first-order valence-electron chi connectivity index (χ1n) is 10.4. The lowest BCUT2D eigenvalue weighted by Crippen LogP contribution is -2.74. The number of β-lactam (4-membered cyclic amide) rings is 1. The fourth-order valence-electron chi connectivity index (χ4n) is 4.32. The summed E-state index contributed by atoms with van der Waals surface area (Å²) in [6.07, 6.45) is 2.03. The normalized spacial score (nSPS) is 25.6. The monoisotopic (exact) mass is 470 g/mol. The number of fused-ring (bicyclic) bond motifs is 1. The molecular formula is C24H26N2O4S2. The maximum atomic E-state index is 13.4. The Morgan fingerprint density at radius 1 is 1.06 bits per heavy atom. The second-order valence-corrected chi connectivity index (χ2v) is 11.1. The molecule has 2 heterocycles. The Bertz CT molecular complexity index is 1020. The van der Waals surface area contributed by atoms with E-state index in [0.29, 0.717) is 0 Å². The molecule has 0 bridgehead atoms. The van der Waals surface area contributed by atoms with Crippen LogP contribution in [0.25, 0.3) is 0 Å². The zero-order valence-corrected chi connectivity index (χ0v) is 19.9. The van der Waals surface area contributed by atoms with Gasteiger partial charge in [-0.3, -0.25) is 9.59 Å². The molecule has 4 rings (SSSR count). The lowest BCUT2D eigenvalue weighted by atomic mass is 9.94. The third kappa shape index (κ3) is 3.79. The first-order chi connectivity index (χ1) is 15.3. The van der Waals surface area contributed by atoms with E-state index in [1.807, 2.05) is 80.8 Å². The van der Waals surface area contributed by atoms with Gasteiger partial charge in [-0.25, -0.2) is 4.79 Å². The molecule has 2 aromatic rings. The van der Waals surface area contributed by atoms with Gasteiger partial charge in [-0.05, 0) is 31.2 Å². The number of carbonyl (C=O) groups excluding carboxylic acids is 3. The molecule has 2 amide bonds. The predicted octanol–water partition coefficient (Wildman–Crippen LogP) is 3.21. The van der Waals surface area contributed by atoms with Crippen molar-refractivity contribution in [3.63, 3.8) is 0 Å². The lowest BCUT2D eigenvalue weighted by Gasteiger charge is -2.49. The summed E-state index contributed by atoms with van der Waals surface area (Å²) in [5, 5.41) is 2.56. The highest BCUT2D eigenvalue weighted by Gasteiger charge is 2.73. The first-order valence-corrected chi connectivity index (χ1v) is 12.5. The summed E-state index contributed by atoms with van der Waals surface area (Å²) in [4.78, 5) is 39.5. The van der Waals surface area contributed by atoms with Crippen molar-refractivity contribution < 1.29 is 19.1 Å². The molecule has 0 spiro atoms. The van der Waals surface area contributed by atoms with E-state index in [1.165, 1.54) is 23.5 Å². The number of rotatable bonds is 7. The zero-order valence-electron chi connectivity index (χ0n) is 18.2. The summed E-state index contributed by atoms with van der Waals surface area (Å²) in [7, 11) is 0. The molecule has 2 saturated heterocycles. The van der Waals surface area contributed by atoms with Gasteiger partial charge in [-0.1, -0.05) is 60.7 Å². The van der Waals surface area contributed by atoms with Crippen LogP contribution in [-0.2, 0) is 32.1 Å². The molecule has 0 saturated carbocycles. The highest BCUT2D eigenvalue weighted by molar-refractivity contribution is 8.06. The molecule has 0 aliphatic carbocycles. The summed E-state index contributed by atoms with van der Waals surface area (Å²) in [5.41, 5.74) is 1.77. The maximum absolute atomic E-state index is 13.4. The van der Waals surface area contributed by atoms with Crippen LogP contribution in [0.3, 0.4) is 0 Å². The van der Waals surface area contributed by atoms with Crippen LogP contribution in [0.15, 0.2) is 60.7 Å². The number of hydrogen-bond acceptors (Lipinski definition) is 6. The summed E-state index contributed by atoms with van der Waals surface area (Å²) in [5.74, 6) is -0.891. The first kappa shape index (κ1) is 22.7. The van der Waals surface area contributed by atoms with E-state index in [0.717, 1.165) is 11.1 Å². The minimum Gasteiger partial charge on any atom is -0.458 e. The van der Waals surface area contributed by atoms with Gasteiger partial charge < -0.3 is 15.0 Å². The Labute approximate surface area is 196 Å². The number of esters is 1. The largest absolute Gasteiger partial charge is 0.458 e. The van der Waals surface area contributed by atoms with Crippen molar-refractivity contribution in [2.24, 2.45) is 0 Å². The average molecular weight is 471 g/mol. The SMILES string of the molecule is CS[C@@]1(C(=O)OCc2ccccc2)N2C(=O)[C@H](NC(=O)Cc3ccccc3)[C@H]2SC1(C)C. The molecule has 0 radical (unpaired) electrons. The van der Waals surface area contributed by atoms with Crippen molar-refractivity contribution in [1.82, 2.24) is 10.2 Å². The Kier molecular flexibility index (Phi) is 6.27. The third-order valence-corrected chi connectivity index (χ3v) is 9.13. The number of carbonyl (C=O) groups is 3. The fourth-order valence-corrected chi connectivity index (χ4v) is 7.53. The van der Waals surface area contributed by atoms with E-state index in [-0.39, 0.29) is 30.2 Å². The van der Waals surface area contributed by atoms with Crippen LogP contribution in [-0.4, -0.2) is 50.0 Å². The van der Waals surface area contributed by atoms with Crippen LogP contribution in [0.4, 0.5) is 0 Å². The van der Waals surface area contributed by atoms with Crippen molar-refractivity contribution in [1.29, 1.82) is 0 Å². The number of amides is 2. The molecule has 6 nitrogen and oxygen atoms in total. The van der Waals surface area contributed by atoms with Crippen molar-refractivity contribution in [3.05, 3.63) is 71.8 Å². The fraction of sp³-hybridized carbons (Fsp3) is 0.375. The molecule has 32 heavy (non-hydrogen) atoms. The molecule has 3 atom stereocenters. The van der Waals surface area contributed by atoms with E-state index >= 15 is 0 Å². The highest BCUT2D eigenvalue weighted by Crippen LogP contribution is 2.61. The molecule has 0 unspecified atom stereocenters. The predicted molar refractivity (Wildman–Crippen MR) is 127 cm³/mol. The number of nitrogens with zero attached hydrogens (tertiary/aromatic N) is 1. The maximum Gasteiger partial charge on any atom is 0.344 e. The Balaban J connectivity index is 1.48. The van der Waals surface area contributed by atoms with Gasteiger partial charge in [-0.2, -0.15) is 0 Å². The number of ether oxygens (including phenoxy) is 1. The van der Waals surface area contributed by atoms with Gasteiger partial charge in [0.1, 0.15) is 18.0 Å². The van der Waals surface area contributed by atoms with E-state index < -0.39 is 21.6 Å². The van der Waals surface area contributed by atoms with Gasteiger partial charge >= 0.3 is 5.97 Å². The summed E-state index contributed by atoms with van der Waals surface area (Å²) in [6.45, 7) is 4.05. The van der Waals surface area contributed by atoms with Gasteiger partial charge in [0, 0.05) is 0 Å². The second-order valence-electron chi connectivity index (χ2n) is 8.34. The summed E-state index contributed by atoms with van der Waals surface area (Å²) in [6, 6.07) is 18.2. The number of hydrogen-bond donors (Lipinski definition) is 1. The minimum absolute atomic E-state index is 0.146. The highest BCUT2D eigenvalue weighted by atomic mass is 32.2. The number of thioether (sulfide) groups is 2. The smallest absolute Gasteiger partial charge is 0.344 e. The van der Waals surface area contributed by atoms with E-state index in [1.54, 1.807) is 4.90 Å². The van der Waals surface area contributed by atoms with Gasteiger partial charge in [-0.15, -0.1) is 23.5 Å². The quantitative estimate of drug-likeness (QED) is 0.495. The van der Waals surface area contributed by atoms with Crippen LogP contribution in [0, 0.1) is 0 Å². The van der Waals surface area contributed by atoms with Crippen molar-refractivity contribution in [2.75, 3.05) is 6.26 Å². The Hall–Kier alpha value is -2.45. The third-order valence-electron chi connectivity index (χ3n) is 5.92. The van der Waals surface area contributed by atoms with Crippen LogP contribution in [0.5, 0.6) is 0 Å². The molecule has 2 aliphatic heterocycles. The van der Waals surface area contributed by atoms with Crippen molar-refractivity contribution >= 4 is 41.3 Å². The standard InChI is InChI=1S/C24H26N2O4S2/c1-23(2)24(31-3,22(29)30-15-17-12-8-5-9-13-17)26-20(28)19(21(26)32-23)25-18(27)14-16-10-6-4-7-11-16/h4-13,19,21H,14-15H2,1-3H3,(H,25,27)/t19-,21+,24+/m0/s1. The van der Waals surface area contributed by atoms with E-state index in [9.17, 15) is 14.4 Å². The van der Waals surface area contributed by atoms with Gasteiger partial charge in [0.2, 0.25) is 10.8 Å². The minimum atomic E-state index is -1.16. The summed E-state index contributed by atoms with van der Waals surface area (Å²) >= 11 is 2.85. The molecule has 168 valence electrons. The van der Waals surface area contributed by atoms with Crippen LogP contribution >= 0.6 is 23.5 Å². The van der Waals surface area contributed by atoms with Crippen LogP contribution in [0.1, 0.15) is 25.0 Å². The zero-order chi connectivity index (χ0) is 22.9. The second kappa shape index (κ2) is 8.83. The number of benzene rings is 2. The van der Waals surface area contributed by atoms with Gasteiger partial charge in [0.05, 0.1) is 11.2 Å². The molecular weight excluding hydrogens is 444 g/mol. The average Bonchev–Trinajstić information content (AvgIpc) is 3.01. The Morgan fingerprint density at radius 3 is 2.25 bits per heavy atom. The molecule has 2 aliphatic rings. The lowest BCUT2D eigenvalue weighted by molar-refractivity contribution is -0.168. The number of nitrogens with one attached hydrogen (secondary N) is 1. The van der Waals surface area contributed by atoms with Crippen molar-refractivity contribution in [3.8, 4) is 0 Å². The van der Waals surface area contributed by atoms with Gasteiger partial charge in [0.15, 0.2) is 0 Å². The van der Waals surface area contributed by atoms with Gasteiger partial charge in [0.25, 0.3) is 5.91 Å². The molecule has 1 N–H and O–H groups in total. The topological polar surface area (TPSA) is 75.7 Å². The van der Waals surface area contributed by atoms with Crippen LogP contribution < -0.4 is 5.32 Å². The van der Waals surface area contributed by atoms with E-state index in [4.69, 9.17) is 4.74 Å². The molecule has 2 fully saturated rings. The Morgan fingerprint density at radius 2 is 1.66 bits per heavy atom. The van der Waals surface area contributed by atoms with E-state index in [2.05, 4.69) is 5.32 Å². The molecule has 0 aromatic heterocycles. The van der Waals surface area contributed by atoms with Crippen LogP contribution in [0.2, 0.25) is 0 Å².